The molecule has 3 rings (SSSR count). The fourth-order valence-electron chi connectivity index (χ4n) is 3.25. The van der Waals surface area contributed by atoms with Crippen LogP contribution in [0.25, 0.3) is 0 Å². The van der Waals surface area contributed by atoms with Gasteiger partial charge in [0.1, 0.15) is 23.4 Å². The quantitative estimate of drug-likeness (QED) is 0.878. The molecule has 1 amide bonds. The van der Waals surface area contributed by atoms with Crippen LogP contribution in [0.2, 0.25) is 0 Å². The number of aryl methyl sites for hydroxylation is 1. The third kappa shape index (κ3) is 3.64. The number of carbonyl (C=O) groups is 1. The van der Waals surface area contributed by atoms with E-state index in [2.05, 4.69) is 10.3 Å². The van der Waals surface area contributed by atoms with E-state index in [4.69, 9.17) is 9.47 Å². The molecule has 2 aromatic rings. The molecule has 1 unspecified atom stereocenters. The summed E-state index contributed by atoms with van der Waals surface area (Å²) in [6.45, 7) is 3.96. The number of carbonyl (C=O) groups excluding carboxylic acids is 1. The van der Waals surface area contributed by atoms with Crippen molar-refractivity contribution in [3.63, 3.8) is 0 Å². The number of piperazine rings is 1. The van der Waals surface area contributed by atoms with Gasteiger partial charge in [-0.1, -0.05) is 0 Å². The fourth-order valence-corrected chi connectivity index (χ4v) is 3.25. The zero-order valence-electron chi connectivity index (χ0n) is 15.5. The molecule has 0 spiro atoms. The average Bonchev–Trinajstić information content (AvgIpc) is 3.07. The van der Waals surface area contributed by atoms with E-state index in [0.717, 1.165) is 17.9 Å². The summed E-state index contributed by atoms with van der Waals surface area (Å²) in [6, 6.07) is 3.44. The van der Waals surface area contributed by atoms with E-state index in [1.54, 1.807) is 32.5 Å². The summed E-state index contributed by atoms with van der Waals surface area (Å²) >= 11 is 0. The molecule has 1 fully saturated rings. The Kier molecular flexibility index (Phi) is 6.50. The van der Waals surface area contributed by atoms with Crippen molar-refractivity contribution >= 4 is 18.3 Å². The maximum atomic E-state index is 13.2. The Hall–Kier alpha value is -2.25. The fraction of sp³-hybridized carbons (Fsp3) is 0.444. The van der Waals surface area contributed by atoms with Crippen LogP contribution in [0.15, 0.2) is 24.5 Å². The number of rotatable bonds is 4. The maximum Gasteiger partial charge on any atom is 0.254 e. The molecule has 2 heterocycles. The summed E-state index contributed by atoms with van der Waals surface area (Å²) in [5.74, 6) is 2.11. The van der Waals surface area contributed by atoms with Gasteiger partial charge >= 0.3 is 0 Å². The van der Waals surface area contributed by atoms with E-state index < -0.39 is 0 Å². The Bertz CT molecular complexity index is 753. The van der Waals surface area contributed by atoms with E-state index in [-0.39, 0.29) is 24.4 Å². The van der Waals surface area contributed by atoms with Gasteiger partial charge in [-0.2, -0.15) is 0 Å². The van der Waals surface area contributed by atoms with Gasteiger partial charge < -0.3 is 24.3 Å². The van der Waals surface area contributed by atoms with Crippen molar-refractivity contribution in [2.45, 2.75) is 13.0 Å². The first-order valence-corrected chi connectivity index (χ1v) is 8.28. The van der Waals surface area contributed by atoms with Gasteiger partial charge in [-0.3, -0.25) is 4.79 Å². The Labute approximate surface area is 159 Å². The second-order valence-electron chi connectivity index (χ2n) is 6.12. The molecule has 26 heavy (non-hydrogen) atoms. The first kappa shape index (κ1) is 20.1. The van der Waals surface area contributed by atoms with Crippen LogP contribution in [0.1, 0.15) is 27.8 Å². The topological polar surface area (TPSA) is 68.6 Å². The van der Waals surface area contributed by atoms with Gasteiger partial charge in [0, 0.05) is 50.2 Å². The molecule has 1 atom stereocenters. The zero-order chi connectivity index (χ0) is 18.0. The van der Waals surface area contributed by atoms with Crippen LogP contribution in [0.4, 0.5) is 0 Å². The molecule has 0 radical (unpaired) electrons. The molecule has 0 saturated carbocycles. The number of nitrogens with zero attached hydrogens (tertiary/aromatic N) is 3. The van der Waals surface area contributed by atoms with Crippen molar-refractivity contribution in [2.75, 3.05) is 33.9 Å². The van der Waals surface area contributed by atoms with Crippen LogP contribution < -0.4 is 14.8 Å². The molecular formula is C18H25ClN4O3. The molecule has 0 aliphatic carbocycles. The molecule has 1 aliphatic heterocycles. The normalized spacial score (nSPS) is 16.8. The Balaban J connectivity index is 0.00000243. The highest BCUT2D eigenvalue weighted by Gasteiger charge is 2.31. The Morgan fingerprint density at radius 3 is 2.46 bits per heavy atom. The minimum absolute atomic E-state index is 0. The van der Waals surface area contributed by atoms with Gasteiger partial charge in [0.2, 0.25) is 0 Å². The molecular weight excluding hydrogens is 356 g/mol. The number of halogens is 1. The molecule has 0 bridgehead atoms. The molecule has 1 aromatic heterocycles. The van der Waals surface area contributed by atoms with Crippen LogP contribution in [0.5, 0.6) is 11.5 Å². The van der Waals surface area contributed by atoms with Crippen molar-refractivity contribution in [3.8, 4) is 11.5 Å². The van der Waals surface area contributed by atoms with E-state index in [0.29, 0.717) is 30.2 Å². The minimum Gasteiger partial charge on any atom is -0.496 e. The number of nitrogens with one attached hydrogen (secondary N) is 1. The average molecular weight is 381 g/mol. The number of imidazole rings is 1. The Morgan fingerprint density at radius 1 is 1.27 bits per heavy atom. The predicted octanol–water partition coefficient (Wildman–Crippen LogP) is 1.95. The van der Waals surface area contributed by atoms with Crippen molar-refractivity contribution in [3.05, 3.63) is 41.5 Å². The van der Waals surface area contributed by atoms with E-state index in [9.17, 15) is 4.79 Å². The molecule has 7 nitrogen and oxygen atoms in total. The number of methoxy groups -OCH3 is 2. The lowest BCUT2D eigenvalue weighted by Gasteiger charge is -2.36. The number of benzene rings is 1. The summed E-state index contributed by atoms with van der Waals surface area (Å²) in [5.41, 5.74) is 1.43. The van der Waals surface area contributed by atoms with Gasteiger partial charge in [-0.05, 0) is 19.1 Å². The van der Waals surface area contributed by atoms with E-state index >= 15 is 0 Å². The van der Waals surface area contributed by atoms with Crippen LogP contribution in [-0.4, -0.2) is 54.2 Å². The molecule has 1 aromatic carbocycles. The number of amides is 1. The summed E-state index contributed by atoms with van der Waals surface area (Å²) in [4.78, 5) is 19.5. The molecule has 1 saturated heterocycles. The zero-order valence-corrected chi connectivity index (χ0v) is 16.3. The van der Waals surface area contributed by atoms with Gasteiger partial charge in [0.15, 0.2) is 0 Å². The highest BCUT2D eigenvalue weighted by molar-refractivity contribution is 5.95. The lowest BCUT2D eigenvalue weighted by atomic mass is 10.1. The first-order chi connectivity index (χ1) is 12.1. The number of hydrogen-bond donors (Lipinski definition) is 1. The SMILES string of the molecule is COc1cc(C(=O)N2CCNCC2c2nccn2C)cc(OC)c1C.Cl. The lowest BCUT2D eigenvalue weighted by Crippen LogP contribution is -2.49. The number of aromatic nitrogens is 2. The first-order valence-electron chi connectivity index (χ1n) is 8.28. The van der Waals surface area contributed by atoms with Crippen LogP contribution >= 0.6 is 12.4 Å². The predicted molar refractivity (Wildman–Crippen MR) is 101 cm³/mol. The highest BCUT2D eigenvalue weighted by atomic mass is 35.5. The van der Waals surface area contributed by atoms with Crippen molar-refractivity contribution < 1.29 is 14.3 Å². The summed E-state index contributed by atoms with van der Waals surface area (Å²) in [6.07, 6.45) is 3.65. The third-order valence-electron chi connectivity index (χ3n) is 4.66. The molecule has 142 valence electrons. The molecule has 1 aliphatic rings. The van der Waals surface area contributed by atoms with Crippen LogP contribution in [0, 0.1) is 6.92 Å². The molecule has 8 heteroatoms. The monoisotopic (exact) mass is 380 g/mol. The molecule has 1 N–H and O–H groups in total. The second kappa shape index (κ2) is 8.42. The number of hydrogen-bond acceptors (Lipinski definition) is 5. The minimum atomic E-state index is -0.112. The lowest BCUT2D eigenvalue weighted by molar-refractivity contribution is 0.0620. The van der Waals surface area contributed by atoms with Crippen molar-refractivity contribution in [2.24, 2.45) is 7.05 Å². The highest BCUT2D eigenvalue weighted by Crippen LogP contribution is 2.31. The number of ether oxygens (including phenoxy) is 2. The second-order valence-corrected chi connectivity index (χ2v) is 6.12. The third-order valence-corrected chi connectivity index (χ3v) is 4.66. The summed E-state index contributed by atoms with van der Waals surface area (Å²) in [5, 5.41) is 3.34. The standard InChI is InChI=1S/C18H24N4O3.ClH/c1-12-15(24-3)9-13(10-16(12)25-4)18(23)22-8-5-19-11-14(22)17-20-6-7-21(17)2;/h6-7,9-10,14,19H,5,8,11H2,1-4H3;1H. The van der Waals surface area contributed by atoms with Crippen molar-refractivity contribution in [1.29, 1.82) is 0 Å². The summed E-state index contributed by atoms with van der Waals surface area (Å²) < 4.78 is 12.8. The van der Waals surface area contributed by atoms with Gasteiger partial charge in [0.05, 0.1) is 14.2 Å². The maximum absolute atomic E-state index is 13.2. The smallest absolute Gasteiger partial charge is 0.254 e. The largest absolute Gasteiger partial charge is 0.496 e. The van der Waals surface area contributed by atoms with E-state index in [1.807, 2.05) is 29.6 Å². The van der Waals surface area contributed by atoms with E-state index in [1.165, 1.54) is 0 Å². The van der Waals surface area contributed by atoms with Crippen molar-refractivity contribution in [1.82, 2.24) is 19.8 Å². The van der Waals surface area contributed by atoms with Crippen LogP contribution in [-0.2, 0) is 7.05 Å². The summed E-state index contributed by atoms with van der Waals surface area (Å²) in [7, 11) is 5.13. The Morgan fingerprint density at radius 2 is 1.92 bits per heavy atom. The van der Waals surface area contributed by atoms with Gasteiger partial charge in [0.25, 0.3) is 5.91 Å². The van der Waals surface area contributed by atoms with Gasteiger partial charge in [-0.25, -0.2) is 4.98 Å². The van der Waals surface area contributed by atoms with Gasteiger partial charge in [-0.15, -0.1) is 12.4 Å². The van der Waals surface area contributed by atoms with Crippen LogP contribution in [0.3, 0.4) is 0 Å².